The van der Waals surface area contributed by atoms with Crippen molar-refractivity contribution in [1.29, 1.82) is 0 Å². The number of nitrogens with one attached hydrogen (secondary N) is 3. The van der Waals surface area contributed by atoms with Gasteiger partial charge in [-0.3, -0.25) is 9.89 Å². The number of aromatic hydroxyl groups is 1. The van der Waals surface area contributed by atoms with Crippen LogP contribution >= 0.6 is 12.2 Å². The topological polar surface area (TPSA) is 107 Å². The van der Waals surface area contributed by atoms with Gasteiger partial charge >= 0.3 is 0 Å². The summed E-state index contributed by atoms with van der Waals surface area (Å²) in [5.74, 6) is -0.103. The van der Waals surface area contributed by atoms with Gasteiger partial charge in [-0.1, -0.05) is 22.4 Å². The van der Waals surface area contributed by atoms with Gasteiger partial charge in [0.15, 0.2) is 0 Å². The lowest BCUT2D eigenvalue weighted by atomic mass is 10.3. The molecule has 4 N–H and O–H groups in total. The molecule has 1 aromatic carbocycles. The molecule has 0 unspecified atom stereocenters. The highest BCUT2D eigenvalue weighted by molar-refractivity contribution is 7.71. The van der Waals surface area contributed by atoms with E-state index < -0.39 is 0 Å². The van der Waals surface area contributed by atoms with Crippen LogP contribution in [-0.2, 0) is 4.79 Å². The van der Waals surface area contributed by atoms with Crippen LogP contribution < -0.4 is 5.32 Å². The number of carbonyl (C=O) groups is 1. The Hall–Kier alpha value is -2.22. The van der Waals surface area contributed by atoms with E-state index in [0.717, 1.165) is 0 Å². The van der Waals surface area contributed by atoms with Crippen molar-refractivity contribution in [3.63, 3.8) is 0 Å². The fourth-order valence-electron chi connectivity index (χ4n) is 0.937. The number of para-hydroxylation sites is 2. The van der Waals surface area contributed by atoms with Crippen LogP contribution in [-0.4, -0.2) is 31.6 Å². The van der Waals surface area contributed by atoms with Gasteiger partial charge in [-0.2, -0.15) is 5.21 Å². The molecular formula is C9H11N5O2S. The molecule has 2 rings (SSSR count). The van der Waals surface area contributed by atoms with Crippen molar-refractivity contribution < 1.29 is 9.90 Å². The second-order valence-electron chi connectivity index (χ2n) is 2.94. The Morgan fingerprint density at radius 2 is 2.18 bits per heavy atom. The fraction of sp³-hybridized carbons (Fsp3) is 0.111. The zero-order valence-corrected chi connectivity index (χ0v) is 9.78. The number of nitrogens with zero attached hydrogens (tertiary/aromatic N) is 2. The monoisotopic (exact) mass is 253 g/mol. The van der Waals surface area contributed by atoms with E-state index in [0.29, 0.717) is 10.5 Å². The highest BCUT2D eigenvalue weighted by Gasteiger charge is 1.98. The highest BCUT2D eigenvalue weighted by atomic mass is 32.1. The first kappa shape index (κ1) is 12.8. The van der Waals surface area contributed by atoms with Crippen molar-refractivity contribution >= 4 is 23.8 Å². The molecule has 0 radical (unpaired) electrons. The summed E-state index contributed by atoms with van der Waals surface area (Å²) in [7, 11) is 0. The second-order valence-corrected chi connectivity index (χ2v) is 3.33. The van der Waals surface area contributed by atoms with Crippen molar-refractivity contribution in [3.05, 3.63) is 29.0 Å². The lowest BCUT2D eigenvalue weighted by Crippen LogP contribution is -2.05. The van der Waals surface area contributed by atoms with Crippen molar-refractivity contribution in [2.75, 3.05) is 5.32 Å². The predicted molar refractivity (Wildman–Crippen MR) is 64.0 cm³/mol. The lowest BCUT2D eigenvalue weighted by molar-refractivity contribution is -0.114. The smallest absolute Gasteiger partial charge is 0.235 e. The molecule has 0 aliphatic heterocycles. The van der Waals surface area contributed by atoms with Crippen molar-refractivity contribution in [2.24, 2.45) is 0 Å². The van der Waals surface area contributed by atoms with E-state index in [4.69, 9.17) is 5.11 Å². The summed E-state index contributed by atoms with van der Waals surface area (Å²) < 4.78 is 0.384. The van der Waals surface area contributed by atoms with Gasteiger partial charge < -0.3 is 10.4 Å². The standard InChI is InChI=1S/C8H9NO2.CH2N4S/c1-6(10)9-7-4-2-3-5-8(7)11;6-1-2-4-5-3-1/h2-5,11H,1H3,(H,9,10);(H2,2,3,4,5,6). The molecule has 7 nitrogen and oxygen atoms in total. The number of tetrazole rings is 1. The number of anilines is 1. The zero-order valence-electron chi connectivity index (χ0n) is 8.97. The Bertz CT molecular complexity index is 519. The van der Waals surface area contributed by atoms with Gasteiger partial charge in [-0.05, 0) is 24.4 Å². The second kappa shape index (κ2) is 6.38. The van der Waals surface area contributed by atoms with E-state index in [1.165, 1.54) is 13.0 Å². The molecule has 0 fully saturated rings. The molecule has 1 aromatic heterocycles. The van der Waals surface area contributed by atoms with Gasteiger partial charge in [0.2, 0.25) is 10.7 Å². The first-order valence-corrected chi connectivity index (χ1v) is 5.01. The summed E-state index contributed by atoms with van der Waals surface area (Å²) in [6.45, 7) is 1.40. The summed E-state index contributed by atoms with van der Waals surface area (Å²) >= 11 is 4.48. The molecule has 1 amide bonds. The Morgan fingerprint density at radius 1 is 1.47 bits per heavy atom. The number of aromatic nitrogens is 4. The number of hydrogen-bond acceptors (Lipinski definition) is 5. The molecule has 0 atom stereocenters. The van der Waals surface area contributed by atoms with E-state index in [1.54, 1.807) is 18.2 Å². The van der Waals surface area contributed by atoms with Crippen LogP contribution in [0.3, 0.4) is 0 Å². The Kier molecular flexibility index (Phi) is 4.82. The first-order chi connectivity index (χ1) is 8.09. The van der Waals surface area contributed by atoms with Crippen LogP contribution in [0.5, 0.6) is 5.75 Å². The number of H-pyrrole nitrogens is 2. The number of hydrogen-bond donors (Lipinski definition) is 4. The highest BCUT2D eigenvalue weighted by Crippen LogP contribution is 2.20. The van der Waals surface area contributed by atoms with Crippen LogP contribution in [0.4, 0.5) is 5.69 Å². The Balaban J connectivity index is 0.000000202. The minimum atomic E-state index is -0.188. The molecule has 8 heteroatoms. The van der Waals surface area contributed by atoms with E-state index in [1.807, 2.05) is 0 Å². The molecule has 90 valence electrons. The maximum absolute atomic E-state index is 10.5. The van der Waals surface area contributed by atoms with Gasteiger partial charge in [0, 0.05) is 6.92 Å². The number of amides is 1. The van der Waals surface area contributed by atoms with Crippen LogP contribution in [0.1, 0.15) is 6.92 Å². The van der Waals surface area contributed by atoms with E-state index >= 15 is 0 Å². The van der Waals surface area contributed by atoms with E-state index in [9.17, 15) is 4.79 Å². The summed E-state index contributed by atoms with van der Waals surface area (Å²) in [6, 6.07) is 6.59. The molecule has 17 heavy (non-hydrogen) atoms. The minimum Gasteiger partial charge on any atom is -0.506 e. The van der Waals surface area contributed by atoms with Crippen LogP contribution in [0, 0.1) is 4.77 Å². The minimum absolute atomic E-state index is 0.0858. The SMILES string of the molecule is CC(=O)Nc1ccccc1O.S=c1nn[nH][nH]1. The number of phenolic OH excluding ortho intramolecular Hbond substituents is 1. The van der Waals surface area contributed by atoms with Crippen LogP contribution in [0.2, 0.25) is 0 Å². The van der Waals surface area contributed by atoms with Gasteiger partial charge in [0.1, 0.15) is 5.75 Å². The van der Waals surface area contributed by atoms with Crippen molar-refractivity contribution in [3.8, 4) is 5.75 Å². The molecule has 1 heterocycles. The molecule has 0 spiro atoms. The van der Waals surface area contributed by atoms with Crippen molar-refractivity contribution in [1.82, 2.24) is 20.6 Å². The molecule has 0 bridgehead atoms. The number of carbonyl (C=O) groups excluding carboxylic acids is 1. The zero-order chi connectivity index (χ0) is 12.7. The Morgan fingerprint density at radius 3 is 2.59 bits per heavy atom. The average Bonchev–Trinajstić information content (AvgIpc) is 2.73. The van der Waals surface area contributed by atoms with Crippen LogP contribution in [0.25, 0.3) is 0 Å². The lowest BCUT2D eigenvalue weighted by Gasteiger charge is -2.02. The molecular weight excluding hydrogens is 242 g/mol. The molecule has 0 aliphatic carbocycles. The normalized spacial score (nSPS) is 9.00. The number of phenols is 1. The summed E-state index contributed by atoms with van der Waals surface area (Å²) in [6.07, 6.45) is 0. The van der Waals surface area contributed by atoms with Gasteiger partial charge in [0.05, 0.1) is 5.69 Å². The van der Waals surface area contributed by atoms with Crippen LogP contribution in [0.15, 0.2) is 24.3 Å². The third-order valence-corrected chi connectivity index (χ3v) is 1.75. The van der Waals surface area contributed by atoms with E-state index in [-0.39, 0.29) is 11.7 Å². The molecule has 0 aliphatic rings. The molecule has 0 saturated carbocycles. The third kappa shape index (κ3) is 4.89. The summed E-state index contributed by atoms with van der Waals surface area (Å²) in [5, 5.41) is 23.1. The Labute approximate surface area is 102 Å². The summed E-state index contributed by atoms with van der Waals surface area (Å²) in [5.41, 5.74) is 0.444. The summed E-state index contributed by atoms with van der Waals surface area (Å²) in [4.78, 5) is 10.5. The quantitative estimate of drug-likeness (QED) is 0.451. The first-order valence-electron chi connectivity index (χ1n) is 4.61. The molecule has 0 saturated heterocycles. The third-order valence-electron chi connectivity index (χ3n) is 1.57. The number of aromatic amines is 2. The van der Waals surface area contributed by atoms with Crippen molar-refractivity contribution in [2.45, 2.75) is 6.92 Å². The van der Waals surface area contributed by atoms with Gasteiger partial charge in [-0.15, -0.1) is 0 Å². The predicted octanol–water partition coefficient (Wildman–Crippen LogP) is 1.21. The largest absolute Gasteiger partial charge is 0.506 e. The average molecular weight is 253 g/mol. The number of rotatable bonds is 1. The number of benzene rings is 1. The fourth-order valence-corrected chi connectivity index (χ4v) is 1.02. The van der Waals surface area contributed by atoms with Gasteiger partial charge in [-0.25, -0.2) is 0 Å². The van der Waals surface area contributed by atoms with Gasteiger partial charge in [0.25, 0.3) is 0 Å². The maximum atomic E-state index is 10.5. The van der Waals surface area contributed by atoms with E-state index in [2.05, 4.69) is 38.2 Å². The molecule has 2 aromatic rings. The maximum Gasteiger partial charge on any atom is 0.235 e.